The zero-order valence-electron chi connectivity index (χ0n) is 12.9. The Labute approximate surface area is 141 Å². The van der Waals surface area contributed by atoms with Gasteiger partial charge in [-0.2, -0.15) is 10.5 Å². The van der Waals surface area contributed by atoms with Crippen LogP contribution in [0.15, 0.2) is 39.0 Å². The van der Waals surface area contributed by atoms with Crippen LogP contribution in [0.4, 0.5) is 5.69 Å². The van der Waals surface area contributed by atoms with Crippen molar-refractivity contribution >= 4 is 39.1 Å². The number of nitrogens with one attached hydrogen (secondary N) is 1. The first-order valence-corrected chi connectivity index (χ1v) is 7.62. The second-order valence-corrected chi connectivity index (χ2v) is 5.57. The van der Waals surface area contributed by atoms with Crippen LogP contribution in [-0.2, 0) is 14.4 Å². The Morgan fingerprint density at radius 3 is 2.65 bits per heavy atom. The second kappa shape index (κ2) is 7.07. The van der Waals surface area contributed by atoms with E-state index in [-0.39, 0.29) is 18.2 Å². The van der Waals surface area contributed by atoms with Crippen LogP contribution in [0.5, 0.6) is 0 Å². The highest BCUT2D eigenvalue weighted by Gasteiger charge is 2.56. The molecule has 0 spiro atoms. The van der Waals surface area contributed by atoms with Crippen LogP contribution in [0.2, 0.25) is 0 Å². The number of hydrogen-bond acceptors (Lipinski definition) is 7. The van der Waals surface area contributed by atoms with Gasteiger partial charge in [-0.15, -0.1) is 5.10 Å². The van der Waals surface area contributed by atoms with Gasteiger partial charge < -0.3 is 14.8 Å². The molecule has 1 aliphatic heterocycles. The number of hydroxylamine groups is 1. The number of anilines is 1. The maximum absolute atomic E-state index is 12.9. The predicted octanol–water partition coefficient (Wildman–Crippen LogP) is 1.89. The Kier molecular flexibility index (Phi) is 5.34. The van der Waals surface area contributed by atoms with E-state index in [4.69, 9.17) is 9.57 Å². The van der Waals surface area contributed by atoms with Crippen molar-refractivity contribution in [2.24, 2.45) is 10.3 Å². The maximum atomic E-state index is 12.9. The lowest BCUT2D eigenvalue weighted by molar-refractivity contribution is -0.122. The molecule has 2 N–H and O–H groups in total. The molecule has 0 radical (unpaired) electrons. The molecule has 0 saturated carbocycles. The first kappa shape index (κ1) is 17.4. The molecule has 1 unspecified atom stereocenters. The molecule has 8 nitrogen and oxygen atoms in total. The molecule has 23 heavy (non-hydrogen) atoms. The van der Waals surface area contributed by atoms with Gasteiger partial charge in [0.25, 0.3) is 5.91 Å². The van der Waals surface area contributed by atoms with Gasteiger partial charge in [-0.25, -0.2) is 0 Å². The van der Waals surface area contributed by atoms with E-state index >= 15 is 0 Å². The Morgan fingerprint density at radius 1 is 1.48 bits per heavy atom. The van der Waals surface area contributed by atoms with Crippen LogP contribution in [-0.4, -0.2) is 42.0 Å². The first-order valence-electron chi connectivity index (χ1n) is 6.82. The first-order chi connectivity index (χ1) is 11.0. The van der Waals surface area contributed by atoms with Gasteiger partial charge in [0.1, 0.15) is 7.11 Å². The summed E-state index contributed by atoms with van der Waals surface area (Å²) in [6.07, 6.45) is 0. The average Bonchev–Trinajstić information content (AvgIpc) is 2.82. The van der Waals surface area contributed by atoms with Gasteiger partial charge in [0.2, 0.25) is 11.4 Å². The van der Waals surface area contributed by atoms with Gasteiger partial charge in [-0.1, -0.05) is 21.1 Å². The normalized spacial score (nSPS) is 21.4. The number of nitrogens with zero attached hydrogens (tertiary/aromatic N) is 3. The summed E-state index contributed by atoms with van der Waals surface area (Å²) < 4.78 is 6.31. The van der Waals surface area contributed by atoms with Gasteiger partial charge in [-0.3, -0.25) is 4.79 Å². The zero-order valence-corrected chi connectivity index (χ0v) is 14.5. The number of oxime groups is 1. The fourth-order valence-electron chi connectivity index (χ4n) is 2.18. The molecule has 124 valence electrons. The highest BCUT2D eigenvalue weighted by Crippen LogP contribution is 2.29. The van der Waals surface area contributed by atoms with Crippen molar-refractivity contribution in [3.8, 4) is 0 Å². The molecule has 0 bridgehead atoms. The molecule has 0 aromatic heterocycles. The van der Waals surface area contributed by atoms with Gasteiger partial charge in [0.05, 0.1) is 18.0 Å². The van der Waals surface area contributed by atoms with Crippen LogP contribution in [0.25, 0.3) is 0 Å². The molecule has 1 aliphatic rings. The quantitative estimate of drug-likeness (QED) is 0.596. The summed E-state index contributed by atoms with van der Waals surface area (Å²) in [6.45, 7) is 3.55. The highest BCUT2D eigenvalue weighted by atomic mass is 79.9. The number of hydrogen-bond donors (Lipinski definition) is 2. The summed E-state index contributed by atoms with van der Waals surface area (Å²) in [4.78, 5) is 17.6. The van der Waals surface area contributed by atoms with Crippen molar-refractivity contribution in [2.45, 2.75) is 19.4 Å². The molecular weight excluding hydrogens is 368 g/mol. The van der Waals surface area contributed by atoms with Crippen LogP contribution in [0.1, 0.15) is 13.8 Å². The minimum absolute atomic E-state index is 0.00582. The van der Waals surface area contributed by atoms with Gasteiger partial charge in [0, 0.05) is 4.47 Å². The van der Waals surface area contributed by atoms with E-state index < -0.39 is 11.4 Å². The fourth-order valence-corrected chi connectivity index (χ4v) is 2.45. The summed E-state index contributed by atoms with van der Waals surface area (Å²) in [5.74, 6) is -0.558. The van der Waals surface area contributed by atoms with Crippen LogP contribution < -0.4 is 10.5 Å². The van der Waals surface area contributed by atoms with Gasteiger partial charge in [-0.05, 0) is 38.1 Å². The lowest BCUT2D eigenvalue weighted by Gasteiger charge is -2.25. The molecule has 1 atom stereocenters. The number of amides is 1. The topological polar surface area (TPSA) is 95.8 Å². The largest absolute Gasteiger partial charge is 0.478 e. The molecule has 0 saturated heterocycles. The summed E-state index contributed by atoms with van der Waals surface area (Å²) >= 11 is 3.33. The molecule has 1 aromatic carbocycles. The number of carbonyl (C=O) groups excluding carboxylic acids is 1. The number of carbonyl (C=O) groups is 1. The Morgan fingerprint density at radius 2 is 2.13 bits per heavy atom. The van der Waals surface area contributed by atoms with E-state index in [0.717, 1.165) is 9.48 Å². The van der Waals surface area contributed by atoms with Crippen molar-refractivity contribution in [3.05, 3.63) is 28.7 Å². The molecular formula is C14H17BrN4O4. The van der Waals surface area contributed by atoms with E-state index in [1.807, 2.05) is 5.48 Å². The number of halogens is 1. The van der Waals surface area contributed by atoms with E-state index in [1.165, 1.54) is 14.0 Å². The molecule has 9 heteroatoms. The SMILES string of the molecule is CCOC1=NN(c2ccc(Br)cc2)C(=O)C1(NO)C(C)=NOC. The third-order valence-electron chi connectivity index (χ3n) is 3.32. The summed E-state index contributed by atoms with van der Waals surface area (Å²) in [5.41, 5.74) is 0.959. The van der Waals surface area contributed by atoms with E-state index in [1.54, 1.807) is 31.2 Å². The maximum Gasteiger partial charge on any atom is 0.285 e. The van der Waals surface area contributed by atoms with Crippen LogP contribution >= 0.6 is 15.9 Å². The van der Waals surface area contributed by atoms with Crippen molar-refractivity contribution in [1.29, 1.82) is 0 Å². The molecule has 1 aromatic rings. The Balaban J connectivity index is 2.52. The molecule has 2 rings (SSSR count). The summed E-state index contributed by atoms with van der Waals surface area (Å²) in [5, 5.41) is 18.8. The van der Waals surface area contributed by atoms with Gasteiger partial charge in [0.15, 0.2) is 0 Å². The van der Waals surface area contributed by atoms with Gasteiger partial charge >= 0.3 is 0 Å². The number of rotatable bonds is 5. The Hall–Kier alpha value is -1.97. The van der Waals surface area contributed by atoms with Crippen LogP contribution in [0.3, 0.4) is 0 Å². The predicted molar refractivity (Wildman–Crippen MR) is 88.5 cm³/mol. The van der Waals surface area contributed by atoms with Crippen molar-refractivity contribution in [1.82, 2.24) is 5.48 Å². The fraction of sp³-hybridized carbons (Fsp3) is 0.357. The number of hydrazone groups is 1. The summed E-state index contributed by atoms with van der Waals surface area (Å²) in [7, 11) is 1.35. The third kappa shape index (κ3) is 2.94. The number of benzene rings is 1. The van der Waals surface area contributed by atoms with E-state index in [2.05, 4.69) is 26.2 Å². The van der Waals surface area contributed by atoms with Crippen molar-refractivity contribution in [2.75, 3.05) is 18.7 Å². The average molecular weight is 385 g/mol. The van der Waals surface area contributed by atoms with Crippen molar-refractivity contribution in [3.63, 3.8) is 0 Å². The molecule has 1 amide bonds. The number of ether oxygens (including phenoxy) is 1. The van der Waals surface area contributed by atoms with E-state index in [0.29, 0.717) is 5.69 Å². The lowest BCUT2D eigenvalue weighted by atomic mass is 9.94. The van der Waals surface area contributed by atoms with Crippen molar-refractivity contribution < 1.29 is 19.6 Å². The molecule has 0 fully saturated rings. The smallest absolute Gasteiger partial charge is 0.285 e. The highest BCUT2D eigenvalue weighted by molar-refractivity contribution is 9.10. The monoisotopic (exact) mass is 384 g/mol. The zero-order chi connectivity index (χ0) is 17.0. The van der Waals surface area contributed by atoms with Crippen LogP contribution in [0, 0.1) is 0 Å². The standard InChI is InChI=1S/C14H17BrN4O4/c1-4-23-12-14(18-21,9(2)17-22-3)13(20)19(16-12)11-7-5-10(15)6-8-11/h5-8,18,21H,4H2,1-3H3. The van der Waals surface area contributed by atoms with E-state index in [9.17, 15) is 10.0 Å². The minimum Gasteiger partial charge on any atom is -0.478 e. The minimum atomic E-state index is -1.72. The molecule has 1 heterocycles. The third-order valence-corrected chi connectivity index (χ3v) is 3.84. The molecule has 0 aliphatic carbocycles. The lowest BCUT2D eigenvalue weighted by Crippen LogP contribution is -2.62. The summed E-state index contributed by atoms with van der Waals surface area (Å²) in [6, 6.07) is 6.98. The Bertz CT molecular complexity index is 647. The second-order valence-electron chi connectivity index (χ2n) is 4.65.